The topological polar surface area (TPSA) is 59.3 Å². The van der Waals surface area contributed by atoms with Crippen LogP contribution in [0.1, 0.15) is 12.0 Å². The lowest BCUT2D eigenvalue weighted by molar-refractivity contribution is -0.142. The summed E-state index contributed by atoms with van der Waals surface area (Å²) in [5, 5.41) is 8.32. The monoisotopic (exact) mass is 229 g/mol. The molecule has 86 valence electrons. The summed E-state index contributed by atoms with van der Waals surface area (Å²) >= 11 is 0. The van der Waals surface area contributed by atoms with Gasteiger partial charge in [-0.15, -0.1) is 0 Å². The van der Waals surface area contributed by atoms with Gasteiger partial charge in [0.25, 0.3) is 0 Å². The zero-order valence-electron chi connectivity index (χ0n) is 9.40. The zero-order chi connectivity index (χ0) is 12.5. The molecule has 1 aromatic carbocycles. The van der Waals surface area contributed by atoms with Gasteiger partial charge in [-0.2, -0.15) is 5.26 Å². The minimum Gasteiger partial charge on any atom is -0.482 e. The van der Waals surface area contributed by atoms with E-state index < -0.39 is 5.97 Å². The SMILES string of the molecule is COC(=O)COc1ccc(C#CCC#N)cc1. The Morgan fingerprint density at radius 3 is 2.65 bits per heavy atom. The van der Waals surface area contributed by atoms with Crippen LogP contribution in [0.5, 0.6) is 5.75 Å². The Hall–Kier alpha value is -2.46. The molecule has 0 aromatic heterocycles. The lowest BCUT2D eigenvalue weighted by atomic mass is 10.2. The summed E-state index contributed by atoms with van der Waals surface area (Å²) in [5.41, 5.74) is 0.797. The van der Waals surface area contributed by atoms with E-state index in [9.17, 15) is 4.79 Å². The molecule has 0 bridgehead atoms. The fourth-order valence-corrected chi connectivity index (χ4v) is 1.02. The third-order valence-electron chi connectivity index (χ3n) is 1.84. The lowest BCUT2D eigenvalue weighted by Gasteiger charge is -2.03. The fraction of sp³-hybridized carbons (Fsp3) is 0.231. The first-order valence-corrected chi connectivity index (χ1v) is 4.91. The van der Waals surface area contributed by atoms with Gasteiger partial charge in [-0.05, 0) is 24.3 Å². The van der Waals surface area contributed by atoms with Crippen molar-refractivity contribution in [3.8, 4) is 23.7 Å². The van der Waals surface area contributed by atoms with Crippen LogP contribution in [0.15, 0.2) is 24.3 Å². The number of nitrogens with zero attached hydrogens (tertiary/aromatic N) is 1. The number of ether oxygens (including phenoxy) is 2. The largest absolute Gasteiger partial charge is 0.482 e. The number of carbonyl (C=O) groups excluding carboxylic acids is 1. The van der Waals surface area contributed by atoms with E-state index in [1.165, 1.54) is 7.11 Å². The maximum absolute atomic E-state index is 10.8. The second kappa shape index (κ2) is 6.92. The average Bonchev–Trinajstić information content (AvgIpc) is 2.37. The molecule has 4 nitrogen and oxygen atoms in total. The molecule has 0 heterocycles. The van der Waals surface area contributed by atoms with Crippen LogP contribution in [0.25, 0.3) is 0 Å². The smallest absolute Gasteiger partial charge is 0.343 e. The van der Waals surface area contributed by atoms with Crippen molar-refractivity contribution in [2.45, 2.75) is 6.42 Å². The Labute approximate surface area is 99.8 Å². The van der Waals surface area contributed by atoms with Gasteiger partial charge in [-0.1, -0.05) is 11.8 Å². The molecule has 0 radical (unpaired) electrons. The highest BCUT2D eigenvalue weighted by Gasteiger charge is 2.00. The van der Waals surface area contributed by atoms with Crippen LogP contribution in [-0.2, 0) is 9.53 Å². The second-order valence-corrected chi connectivity index (χ2v) is 3.03. The van der Waals surface area contributed by atoms with E-state index >= 15 is 0 Å². The minimum absolute atomic E-state index is 0.115. The molecule has 0 aliphatic carbocycles. The molecule has 4 heteroatoms. The van der Waals surface area contributed by atoms with E-state index in [1.807, 2.05) is 6.07 Å². The molecule has 0 aliphatic heterocycles. The van der Waals surface area contributed by atoms with E-state index in [1.54, 1.807) is 24.3 Å². The number of benzene rings is 1. The Morgan fingerprint density at radius 1 is 1.35 bits per heavy atom. The van der Waals surface area contributed by atoms with Crippen molar-refractivity contribution in [1.29, 1.82) is 5.26 Å². The predicted octanol–water partition coefficient (Wildman–Crippen LogP) is 1.50. The lowest BCUT2D eigenvalue weighted by Crippen LogP contribution is -2.12. The fourth-order valence-electron chi connectivity index (χ4n) is 1.02. The van der Waals surface area contributed by atoms with Crippen molar-refractivity contribution in [1.82, 2.24) is 0 Å². The van der Waals surface area contributed by atoms with Gasteiger partial charge in [0, 0.05) is 5.56 Å². The number of methoxy groups -OCH3 is 1. The summed E-state index contributed by atoms with van der Waals surface area (Å²) in [5.74, 6) is 5.68. The standard InChI is InChI=1S/C13H11NO3/c1-16-13(15)10-17-12-7-5-11(6-8-12)4-2-3-9-14/h5-8H,3,10H2,1H3. The Morgan fingerprint density at radius 2 is 2.06 bits per heavy atom. The van der Waals surface area contributed by atoms with Crippen LogP contribution in [0.3, 0.4) is 0 Å². The second-order valence-electron chi connectivity index (χ2n) is 3.03. The first-order chi connectivity index (χ1) is 8.26. The average molecular weight is 229 g/mol. The van der Waals surface area contributed by atoms with Gasteiger partial charge in [-0.25, -0.2) is 4.79 Å². The van der Waals surface area contributed by atoms with Crippen molar-refractivity contribution in [2.75, 3.05) is 13.7 Å². The molecule has 17 heavy (non-hydrogen) atoms. The van der Waals surface area contributed by atoms with E-state index in [4.69, 9.17) is 10.00 Å². The molecule has 0 N–H and O–H groups in total. The quantitative estimate of drug-likeness (QED) is 0.582. The van der Waals surface area contributed by atoms with Crippen molar-refractivity contribution < 1.29 is 14.3 Å². The summed E-state index contributed by atoms with van der Waals surface area (Å²) in [7, 11) is 1.31. The summed E-state index contributed by atoms with van der Waals surface area (Å²) in [6.07, 6.45) is 0.209. The molecular formula is C13H11NO3. The molecular weight excluding hydrogens is 218 g/mol. The van der Waals surface area contributed by atoms with Crippen molar-refractivity contribution >= 4 is 5.97 Å². The number of esters is 1. The van der Waals surface area contributed by atoms with Gasteiger partial charge in [0.2, 0.25) is 0 Å². The maximum atomic E-state index is 10.8. The molecule has 0 spiro atoms. The molecule has 0 atom stereocenters. The molecule has 1 rings (SSSR count). The van der Waals surface area contributed by atoms with Crippen molar-refractivity contribution in [3.05, 3.63) is 29.8 Å². The molecule has 0 aliphatic rings. The van der Waals surface area contributed by atoms with Gasteiger partial charge in [0.15, 0.2) is 6.61 Å². The van der Waals surface area contributed by atoms with Gasteiger partial charge in [0.05, 0.1) is 19.6 Å². The summed E-state index contributed by atoms with van der Waals surface area (Å²) < 4.78 is 9.61. The van der Waals surface area contributed by atoms with Crippen LogP contribution in [-0.4, -0.2) is 19.7 Å². The number of hydrogen-bond acceptors (Lipinski definition) is 4. The molecule has 0 amide bonds. The van der Waals surface area contributed by atoms with Crippen LogP contribution in [0.4, 0.5) is 0 Å². The van der Waals surface area contributed by atoms with Crippen LogP contribution < -0.4 is 4.74 Å². The summed E-state index contributed by atoms with van der Waals surface area (Å²) in [6.45, 7) is -0.115. The first-order valence-electron chi connectivity index (χ1n) is 4.91. The van der Waals surface area contributed by atoms with E-state index in [2.05, 4.69) is 16.6 Å². The summed E-state index contributed by atoms with van der Waals surface area (Å²) in [4.78, 5) is 10.8. The number of nitriles is 1. The zero-order valence-corrected chi connectivity index (χ0v) is 9.40. The third kappa shape index (κ3) is 4.72. The van der Waals surface area contributed by atoms with Gasteiger partial charge in [-0.3, -0.25) is 0 Å². The molecule has 0 saturated heterocycles. The highest BCUT2D eigenvalue weighted by molar-refractivity contribution is 5.70. The minimum atomic E-state index is -0.428. The van der Waals surface area contributed by atoms with Crippen LogP contribution in [0.2, 0.25) is 0 Å². The van der Waals surface area contributed by atoms with Crippen molar-refractivity contribution in [2.24, 2.45) is 0 Å². The van der Waals surface area contributed by atoms with E-state index in [0.29, 0.717) is 5.75 Å². The Bertz CT molecular complexity index is 474. The van der Waals surface area contributed by atoms with Crippen LogP contribution >= 0.6 is 0 Å². The third-order valence-corrected chi connectivity index (χ3v) is 1.84. The number of rotatable bonds is 3. The van der Waals surface area contributed by atoms with E-state index in [-0.39, 0.29) is 13.0 Å². The Balaban J connectivity index is 2.54. The Kier molecular flexibility index (Phi) is 5.13. The summed E-state index contributed by atoms with van der Waals surface area (Å²) in [6, 6.07) is 8.88. The highest BCUT2D eigenvalue weighted by atomic mass is 16.6. The normalized spacial score (nSPS) is 8.47. The maximum Gasteiger partial charge on any atom is 0.343 e. The molecule has 1 aromatic rings. The van der Waals surface area contributed by atoms with Crippen molar-refractivity contribution in [3.63, 3.8) is 0 Å². The van der Waals surface area contributed by atoms with Crippen LogP contribution in [0, 0.1) is 23.2 Å². The number of hydrogen-bond donors (Lipinski definition) is 0. The van der Waals surface area contributed by atoms with Gasteiger partial charge >= 0.3 is 5.97 Å². The molecule has 0 unspecified atom stereocenters. The highest BCUT2D eigenvalue weighted by Crippen LogP contribution is 2.11. The predicted molar refractivity (Wildman–Crippen MR) is 61.1 cm³/mol. The molecule has 0 saturated carbocycles. The van der Waals surface area contributed by atoms with Gasteiger partial charge < -0.3 is 9.47 Å². The van der Waals surface area contributed by atoms with Gasteiger partial charge in [0.1, 0.15) is 5.75 Å². The van der Waals surface area contributed by atoms with E-state index in [0.717, 1.165) is 5.56 Å². The number of carbonyl (C=O) groups is 1. The molecule has 0 fully saturated rings. The first kappa shape index (κ1) is 12.6.